The summed E-state index contributed by atoms with van der Waals surface area (Å²) in [5.41, 5.74) is 7.00. The van der Waals surface area contributed by atoms with Crippen LogP contribution in [0.3, 0.4) is 0 Å². The van der Waals surface area contributed by atoms with Crippen LogP contribution in [-0.2, 0) is 16.8 Å². The third-order valence-electron chi connectivity index (χ3n) is 7.98. The maximum absolute atomic E-state index is 5.21. The second-order valence-electron chi connectivity index (χ2n) is 11.7. The molecule has 0 fully saturated rings. The number of ether oxygens (including phenoxy) is 4. The first-order chi connectivity index (χ1) is 27.3. The van der Waals surface area contributed by atoms with Crippen molar-refractivity contribution in [3.63, 3.8) is 0 Å². The topological polar surface area (TPSA) is 89.8 Å². The first-order valence-electron chi connectivity index (χ1n) is 17.4. The van der Waals surface area contributed by atoms with Gasteiger partial charge >= 0.3 is 16.8 Å². The van der Waals surface area contributed by atoms with Gasteiger partial charge < -0.3 is 29.6 Å². The third kappa shape index (κ3) is 14.5. The quantitative estimate of drug-likeness (QED) is 0.102. The van der Waals surface area contributed by atoms with E-state index >= 15 is 0 Å². The van der Waals surface area contributed by atoms with E-state index in [0.29, 0.717) is 0 Å². The van der Waals surface area contributed by atoms with E-state index in [1.165, 1.54) is 0 Å². The number of methoxy groups -OCH3 is 4. The molecule has 0 aromatic heterocycles. The Labute approximate surface area is 361 Å². The number of halogens is 2. The number of hydrogen-bond acceptors (Lipinski definition) is 6. The predicted molar refractivity (Wildman–Crippen MR) is 239 cm³/mol. The molecule has 291 valence electrons. The van der Waals surface area contributed by atoms with Gasteiger partial charge in [-0.2, -0.15) is 0 Å². The first kappa shape index (κ1) is 44.1. The standard InChI is InChI=1S/2C23H20BrN2O2.Co/c2*1-27-21-11-7-19(8-12-21)25-16-15-23(17-3-5-18(24)6-4-17)26-20-9-13-22(28-2)14-10-20;/h2*3-16H,1-2H3;/q2*-1;+2/b2*23-15-,25-16?;. The molecular formula is C46H40Br2CoN4O4. The van der Waals surface area contributed by atoms with Crippen LogP contribution in [0.5, 0.6) is 23.0 Å². The van der Waals surface area contributed by atoms with Crippen molar-refractivity contribution in [1.29, 1.82) is 0 Å². The van der Waals surface area contributed by atoms with Gasteiger partial charge in [-0.1, -0.05) is 92.5 Å². The van der Waals surface area contributed by atoms with Gasteiger partial charge in [0.1, 0.15) is 23.0 Å². The van der Waals surface area contributed by atoms with Crippen LogP contribution >= 0.6 is 31.9 Å². The number of allylic oxidation sites excluding steroid dienone is 2. The molecule has 0 N–H and O–H groups in total. The van der Waals surface area contributed by atoms with Crippen LogP contribution in [0.2, 0.25) is 0 Å². The fourth-order valence-corrected chi connectivity index (χ4v) is 5.48. The van der Waals surface area contributed by atoms with Gasteiger partial charge in [-0.3, -0.25) is 9.98 Å². The molecule has 0 amide bonds. The van der Waals surface area contributed by atoms with E-state index < -0.39 is 0 Å². The third-order valence-corrected chi connectivity index (χ3v) is 9.04. The van der Waals surface area contributed by atoms with Crippen LogP contribution in [0.1, 0.15) is 11.1 Å². The molecule has 0 unspecified atom stereocenters. The molecule has 0 atom stereocenters. The average molecular weight is 932 g/mol. The van der Waals surface area contributed by atoms with E-state index in [1.54, 1.807) is 40.9 Å². The largest absolute Gasteiger partial charge is 2.00 e. The molecule has 0 saturated carbocycles. The Bertz CT molecular complexity index is 2060. The average Bonchev–Trinajstić information content (AvgIpc) is 3.25. The van der Waals surface area contributed by atoms with Gasteiger partial charge in [0.15, 0.2) is 0 Å². The van der Waals surface area contributed by atoms with E-state index in [1.807, 2.05) is 158 Å². The Morgan fingerprint density at radius 2 is 0.702 bits per heavy atom. The second kappa shape index (κ2) is 23.5. The normalized spacial score (nSPS) is 11.3. The van der Waals surface area contributed by atoms with Gasteiger partial charge in [0.2, 0.25) is 0 Å². The summed E-state index contributed by atoms with van der Waals surface area (Å²) in [6, 6.07) is 46.5. The van der Waals surface area contributed by atoms with Crippen LogP contribution in [0.4, 0.5) is 22.7 Å². The smallest absolute Gasteiger partial charge is 0.657 e. The molecule has 0 spiro atoms. The minimum atomic E-state index is 0. The number of rotatable bonds is 14. The van der Waals surface area contributed by atoms with Crippen LogP contribution in [0, 0.1) is 0 Å². The van der Waals surface area contributed by atoms with Crippen molar-refractivity contribution in [3.05, 3.63) is 188 Å². The van der Waals surface area contributed by atoms with Crippen LogP contribution < -0.4 is 18.9 Å². The summed E-state index contributed by atoms with van der Waals surface area (Å²) < 4.78 is 22.8. The molecule has 0 bridgehead atoms. The fourth-order valence-electron chi connectivity index (χ4n) is 4.95. The Morgan fingerprint density at radius 3 is 0.982 bits per heavy atom. The molecular weight excluding hydrogens is 891 g/mol. The number of nitrogens with zero attached hydrogens (tertiary/aromatic N) is 4. The molecule has 0 aliphatic rings. The zero-order valence-corrected chi connectivity index (χ0v) is 35.9. The van der Waals surface area contributed by atoms with Crippen molar-refractivity contribution in [2.24, 2.45) is 9.98 Å². The fraction of sp³-hybridized carbons (Fsp3) is 0.0870. The summed E-state index contributed by atoms with van der Waals surface area (Å²) in [5, 5.41) is 9.54. The van der Waals surface area contributed by atoms with E-state index in [0.717, 1.165) is 77.2 Å². The molecule has 0 aliphatic carbocycles. The van der Waals surface area contributed by atoms with E-state index in [4.69, 9.17) is 29.6 Å². The minimum Gasteiger partial charge on any atom is -0.657 e. The summed E-state index contributed by atoms with van der Waals surface area (Å²) in [6.45, 7) is 0. The molecule has 0 aliphatic heterocycles. The molecule has 1 radical (unpaired) electrons. The van der Waals surface area contributed by atoms with Crippen LogP contribution in [-0.4, -0.2) is 40.9 Å². The molecule has 6 aromatic rings. The molecule has 0 saturated heterocycles. The number of hydrogen-bond donors (Lipinski definition) is 0. The summed E-state index contributed by atoms with van der Waals surface area (Å²) in [4.78, 5) is 8.97. The molecule has 8 nitrogen and oxygen atoms in total. The van der Waals surface area contributed by atoms with Crippen LogP contribution in [0.25, 0.3) is 22.0 Å². The van der Waals surface area contributed by atoms with Crippen molar-refractivity contribution in [2.75, 3.05) is 28.4 Å². The molecule has 6 aromatic carbocycles. The molecule has 57 heavy (non-hydrogen) atoms. The van der Waals surface area contributed by atoms with Gasteiger partial charge in [0, 0.05) is 21.4 Å². The predicted octanol–water partition coefficient (Wildman–Crippen LogP) is 13.8. The van der Waals surface area contributed by atoms with E-state index in [2.05, 4.69) is 41.8 Å². The Morgan fingerprint density at radius 1 is 0.421 bits per heavy atom. The van der Waals surface area contributed by atoms with Gasteiger partial charge in [-0.25, -0.2) is 0 Å². The van der Waals surface area contributed by atoms with Crippen molar-refractivity contribution >= 4 is 78.4 Å². The van der Waals surface area contributed by atoms with Gasteiger partial charge in [-0.05, 0) is 108 Å². The zero-order chi connectivity index (χ0) is 39.5. The minimum absolute atomic E-state index is 0. The van der Waals surface area contributed by atoms with Gasteiger partial charge in [-0.15, -0.1) is 22.8 Å². The van der Waals surface area contributed by atoms with Crippen molar-refractivity contribution in [1.82, 2.24) is 0 Å². The summed E-state index contributed by atoms with van der Waals surface area (Å²) in [7, 11) is 6.59. The Kier molecular flexibility index (Phi) is 18.2. The Balaban J connectivity index is 0.000000248. The van der Waals surface area contributed by atoms with Gasteiger partial charge in [0.25, 0.3) is 0 Å². The van der Waals surface area contributed by atoms with E-state index in [9.17, 15) is 0 Å². The monoisotopic (exact) mass is 929 g/mol. The first-order valence-corrected chi connectivity index (χ1v) is 18.9. The number of benzene rings is 6. The SMILES string of the molecule is COc1ccc(N=C/C=C(\[N-]c2ccc(OC)cc2)c2ccc(Br)cc2)cc1.COc1ccc(N=C/C=C(\[N-]c2ccc(OC)cc2)c2ccc(Br)cc2)cc1.[Co+2]. The summed E-state index contributed by atoms with van der Waals surface area (Å²) in [6.07, 6.45) is 7.31. The maximum Gasteiger partial charge on any atom is 2.00 e. The van der Waals surface area contributed by atoms with Crippen LogP contribution in [0.15, 0.2) is 177 Å². The van der Waals surface area contributed by atoms with Crippen molar-refractivity contribution < 1.29 is 35.7 Å². The number of aliphatic imine (C=N–C) groups is 2. The van der Waals surface area contributed by atoms with Crippen molar-refractivity contribution in [3.8, 4) is 23.0 Å². The molecule has 6 rings (SSSR count). The molecule has 11 heteroatoms. The second-order valence-corrected chi connectivity index (χ2v) is 13.5. The van der Waals surface area contributed by atoms with E-state index in [-0.39, 0.29) is 16.8 Å². The van der Waals surface area contributed by atoms with Gasteiger partial charge in [0.05, 0.1) is 39.8 Å². The zero-order valence-electron chi connectivity index (χ0n) is 31.7. The summed E-state index contributed by atoms with van der Waals surface area (Å²) >= 11 is 6.94. The Hall–Kier alpha value is -5.59. The maximum atomic E-state index is 5.21. The molecule has 0 heterocycles. The summed E-state index contributed by atoms with van der Waals surface area (Å²) in [5.74, 6) is 3.21. The van der Waals surface area contributed by atoms with Crippen molar-refractivity contribution in [2.45, 2.75) is 0 Å².